The summed E-state index contributed by atoms with van der Waals surface area (Å²) in [6.45, 7) is 8.36. The summed E-state index contributed by atoms with van der Waals surface area (Å²) in [7, 11) is 0. The van der Waals surface area contributed by atoms with E-state index in [1.54, 1.807) is 11.8 Å². The van der Waals surface area contributed by atoms with Crippen molar-refractivity contribution in [2.45, 2.75) is 37.5 Å². The Kier molecular flexibility index (Phi) is 3.74. The number of rotatable bonds is 2. The summed E-state index contributed by atoms with van der Waals surface area (Å²) in [4.78, 5) is 4.44. The van der Waals surface area contributed by atoms with Gasteiger partial charge in [0.2, 0.25) is 0 Å². The molecule has 0 radical (unpaired) electrons. The Hall–Kier alpha value is -1.03. The first kappa shape index (κ1) is 12.0. The standard InChI is InChI=1S/C11H16N2OS/c1-8-9(7-12-14)5-6-10(13-8)15-11(2,3)4/h5-7,14H,1-4H3. The maximum atomic E-state index is 8.44. The molecule has 0 aliphatic heterocycles. The van der Waals surface area contributed by atoms with E-state index >= 15 is 0 Å². The highest BCUT2D eigenvalue weighted by molar-refractivity contribution is 8.00. The second-order valence-corrected chi connectivity index (χ2v) is 6.13. The van der Waals surface area contributed by atoms with E-state index in [-0.39, 0.29) is 4.75 Å². The zero-order valence-corrected chi connectivity index (χ0v) is 10.3. The molecule has 82 valence electrons. The molecule has 0 unspecified atom stereocenters. The van der Waals surface area contributed by atoms with Gasteiger partial charge < -0.3 is 5.21 Å². The van der Waals surface area contributed by atoms with Crippen molar-refractivity contribution in [1.29, 1.82) is 0 Å². The predicted molar refractivity (Wildman–Crippen MR) is 64.0 cm³/mol. The molecule has 0 spiro atoms. The molecule has 3 nitrogen and oxygen atoms in total. The van der Waals surface area contributed by atoms with E-state index in [2.05, 4.69) is 30.9 Å². The molecule has 1 N–H and O–H groups in total. The van der Waals surface area contributed by atoms with Crippen LogP contribution in [0.5, 0.6) is 0 Å². The first-order chi connectivity index (χ1) is 6.92. The molecular weight excluding hydrogens is 208 g/mol. The Morgan fingerprint density at radius 2 is 2.07 bits per heavy atom. The molecule has 1 aromatic rings. The van der Waals surface area contributed by atoms with Crippen LogP contribution in [0.4, 0.5) is 0 Å². The third-order valence-electron chi connectivity index (χ3n) is 1.71. The van der Waals surface area contributed by atoms with Crippen molar-refractivity contribution < 1.29 is 5.21 Å². The molecule has 1 heterocycles. The molecular formula is C11H16N2OS. The Labute approximate surface area is 94.6 Å². The van der Waals surface area contributed by atoms with Crippen molar-refractivity contribution in [3.05, 3.63) is 23.4 Å². The van der Waals surface area contributed by atoms with Crippen LogP contribution in [-0.2, 0) is 0 Å². The fourth-order valence-electron chi connectivity index (χ4n) is 1.12. The molecule has 15 heavy (non-hydrogen) atoms. The number of oxime groups is 1. The summed E-state index contributed by atoms with van der Waals surface area (Å²) in [5.74, 6) is 0. The molecule has 0 fully saturated rings. The Balaban J connectivity index is 2.92. The van der Waals surface area contributed by atoms with E-state index in [4.69, 9.17) is 5.21 Å². The van der Waals surface area contributed by atoms with Crippen molar-refractivity contribution in [1.82, 2.24) is 4.98 Å². The third kappa shape index (κ3) is 3.91. The average molecular weight is 224 g/mol. The molecule has 0 aliphatic rings. The third-order valence-corrected chi connectivity index (χ3v) is 2.76. The van der Waals surface area contributed by atoms with Crippen LogP contribution in [0.25, 0.3) is 0 Å². The van der Waals surface area contributed by atoms with Gasteiger partial charge in [0, 0.05) is 16.0 Å². The number of hydrogen-bond acceptors (Lipinski definition) is 4. The van der Waals surface area contributed by atoms with E-state index in [1.165, 1.54) is 6.21 Å². The van der Waals surface area contributed by atoms with Crippen LogP contribution >= 0.6 is 11.8 Å². The normalized spacial score (nSPS) is 12.3. The van der Waals surface area contributed by atoms with Crippen molar-refractivity contribution >= 4 is 18.0 Å². The van der Waals surface area contributed by atoms with E-state index in [0.717, 1.165) is 16.3 Å². The lowest BCUT2D eigenvalue weighted by molar-refractivity contribution is 0.322. The first-order valence-corrected chi connectivity index (χ1v) is 5.58. The number of nitrogens with zero attached hydrogens (tertiary/aromatic N) is 2. The summed E-state index contributed by atoms with van der Waals surface area (Å²) < 4.78 is 0.159. The molecule has 1 rings (SSSR count). The van der Waals surface area contributed by atoms with Gasteiger partial charge in [-0.15, -0.1) is 11.8 Å². The average Bonchev–Trinajstić information content (AvgIpc) is 2.07. The molecule has 0 aliphatic carbocycles. The fraction of sp³-hybridized carbons (Fsp3) is 0.455. The van der Waals surface area contributed by atoms with Gasteiger partial charge in [0.05, 0.1) is 11.2 Å². The lowest BCUT2D eigenvalue weighted by Crippen LogP contribution is -2.07. The molecule has 0 atom stereocenters. The van der Waals surface area contributed by atoms with E-state index < -0.39 is 0 Å². The van der Waals surface area contributed by atoms with Crippen molar-refractivity contribution in [2.75, 3.05) is 0 Å². The molecule has 0 aromatic carbocycles. The largest absolute Gasteiger partial charge is 0.411 e. The van der Waals surface area contributed by atoms with Crippen LogP contribution in [0.1, 0.15) is 32.0 Å². The number of pyridine rings is 1. The number of aryl methyl sites for hydroxylation is 1. The quantitative estimate of drug-likeness (QED) is 0.363. The van der Waals surface area contributed by atoms with Gasteiger partial charge in [-0.3, -0.25) is 0 Å². The van der Waals surface area contributed by atoms with E-state index in [0.29, 0.717) is 0 Å². The van der Waals surface area contributed by atoms with Crippen LogP contribution in [-0.4, -0.2) is 21.2 Å². The summed E-state index contributed by atoms with van der Waals surface area (Å²) in [5, 5.41) is 12.4. The highest BCUT2D eigenvalue weighted by atomic mass is 32.2. The maximum Gasteiger partial charge on any atom is 0.0968 e. The second-order valence-electron chi connectivity index (χ2n) is 4.28. The zero-order valence-electron chi connectivity index (χ0n) is 9.48. The number of thioether (sulfide) groups is 1. The predicted octanol–water partition coefficient (Wildman–Crippen LogP) is 3.09. The van der Waals surface area contributed by atoms with E-state index in [1.807, 2.05) is 19.1 Å². The highest BCUT2D eigenvalue weighted by Gasteiger charge is 2.13. The topological polar surface area (TPSA) is 45.5 Å². The van der Waals surface area contributed by atoms with Crippen LogP contribution < -0.4 is 0 Å². The molecule has 1 aromatic heterocycles. The molecule has 4 heteroatoms. The summed E-state index contributed by atoms with van der Waals surface area (Å²) >= 11 is 1.72. The Bertz CT molecular complexity index is 369. The van der Waals surface area contributed by atoms with E-state index in [9.17, 15) is 0 Å². The number of aromatic nitrogens is 1. The fourth-order valence-corrected chi connectivity index (χ4v) is 2.06. The summed E-state index contributed by atoms with van der Waals surface area (Å²) in [5.41, 5.74) is 1.72. The van der Waals surface area contributed by atoms with Gasteiger partial charge in [0.1, 0.15) is 0 Å². The first-order valence-electron chi connectivity index (χ1n) is 4.76. The lowest BCUT2D eigenvalue weighted by Gasteiger charge is -2.17. The van der Waals surface area contributed by atoms with Crippen LogP contribution in [0.15, 0.2) is 22.3 Å². The number of hydrogen-bond donors (Lipinski definition) is 1. The molecule has 0 bridgehead atoms. The smallest absolute Gasteiger partial charge is 0.0968 e. The van der Waals surface area contributed by atoms with Gasteiger partial charge in [-0.25, -0.2) is 4.98 Å². The van der Waals surface area contributed by atoms with Crippen molar-refractivity contribution in [3.63, 3.8) is 0 Å². The highest BCUT2D eigenvalue weighted by Crippen LogP contribution is 2.30. The molecule has 0 saturated carbocycles. The minimum Gasteiger partial charge on any atom is -0.411 e. The van der Waals surface area contributed by atoms with Gasteiger partial charge in [0.15, 0.2) is 0 Å². The second kappa shape index (κ2) is 4.66. The van der Waals surface area contributed by atoms with Gasteiger partial charge in [-0.2, -0.15) is 0 Å². The lowest BCUT2D eigenvalue weighted by atomic mass is 10.2. The van der Waals surface area contributed by atoms with Crippen molar-refractivity contribution in [3.8, 4) is 0 Å². The molecule has 0 amide bonds. The van der Waals surface area contributed by atoms with Crippen molar-refractivity contribution in [2.24, 2.45) is 5.16 Å². The Morgan fingerprint density at radius 1 is 1.40 bits per heavy atom. The summed E-state index contributed by atoms with van der Waals surface area (Å²) in [6.07, 6.45) is 1.40. The van der Waals surface area contributed by atoms with Gasteiger partial charge in [0.25, 0.3) is 0 Å². The monoisotopic (exact) mass is 224 g/mol. The van der Waals surface area contributed by atoms with Gasteiger partial charge in [-0.1, -0.05) is 25.9 Å². The summed E-state index contributed by atoms with van der Waals surface area (Å²) in [6, 6.07) is 3.86. The zero-order chi connectivity index (χ0) is 11.5. The van der Waals surface area contributed by atoms with Crippen LogP contribution in [0.2, 0.25) is 0 Å². The Morgan fingerprint density at radius 3 is 2.53 bits per heavy atom. The minimum absolute atomic E-state index is 0.159. The maximum absolute atomic E-state index is 8.44. The minimum atomic E-state index is 0.159. The SMILES string of the molecule is Cc1nc(SC(C)(C)C)ccc1C=NO. The van der Waals surface area contributed by atoms with Gasteiger partial charge in [-0.05, 0) is 19.1 Å². The van der Waals surface area contributed by atoms with Gasteiger partial charge >= 0.3 is 0 Å². The van der Waals surface area contributed by atoms with Crippen LogP contribution in [0, 0.1) is 6.92 Å². The molecule has 0 saturated heterocycles. The van der Waals surface area contributed by atoms with Crippen LogP contribution in [0.3, 0.4) is 0 Å².